The van der Waals surface area contributed by atoms with Crippen molar-refractivity contribution in [3.05, 3.63) is 80.3 Å². The fourth-order valence-electron chi connectivity index (χ4n) is 2.83. The van der Waals surface area contributed by atoms with E-state index >= 15 is 0 Å². The van der Waals surface area contributed by atoms with Crippen molar-refractivity contribution in [3.8, 4) is 0 Å². The molecule has 134 valence electrons. The van der Waals surface area contributed by atoms with Gasteiger partial charge in [-0.25, -0.2) is 4.98 Å². The summed E-state index contributed by atoms with van der Waals surface area (Å²) in [5.41, 5.74) is -2.60. The van der Waals surface area contributed by atoms with Gasteiger partial charge in [0.15, 0.2) is 0 Å². The molecule has 0 saturated heterocycles. The summed E-state index contributed by atoms with van der Waals surface area (Å²) in [6, 6.07) is 9.50. The van der Waals surface area contributed by atoms with Crippen molar-refractivity contribution in [3.63, 3.8) is 0 Å². The molecule has 0 aliphatic rings. The van der Waals surface area contributed by atoms with E-state index in [4.69, 9.17) is 0 Å². The largest absolute Gasteiger partial charge is 0.423 e. The SMILES string of the molecule is C[C@@H](c1ccccc1)n1c(=O)cnc2cc([N+](=O)[O-])c(C(F)(F)F)cc21. The van der Waals surface area contributed by atoms with Crippen LogP contribution in [-0.2, 0) is 6.18 Å². The maximum Gasteiger partial charge on any atom is 0.423 e. The standard InChI is InChI=1S/C17H12F3N3O3/c1-10(11-5-3-2-4-6-11)22-15-7-12(17(18,19)20)14(23(25)26)8-13(15)21-9-16(22)24/h2-10H,1H3/t10-/m0/s1. The van der Waals surface area contributed by atoms with Gasteiger partial charge in [0.2, 0.25) is 0 Å². The number of hydrogen-bond acceptors (Lipinski definition) is 4. The molecule has 0 bridgehead atoms. The van der Waals surface area contributed by atoms with Gasteiger partial charge in [-0.15, -0.1) is 0 Å². The lowest BCUT2D eigenvalue weighted by atomic mass is 10.1. The molecule has 0 N–H and O–H groups in total. The second kappa shape index (κ2) is 6.25. The Morgan fingerprint density at radius 1 is 1.19 bits per heavy atom. The minimum atomic E-state index is -4.94. The van der Waals surface area contributed by atoms with Gasteiger partial charge in [0.25, 0.3) is 11.2 Å². The normalized spacial score (nSPS) is 12.9. The average Bonchev–Trinajstić information content (AvgIpc) is 2.60. The quantitative estimate of drug-likeness (QED) is 0.522. The third-order valence-corrected chi connectivity index (χ3v) is 4.08. The van der Waals surface area contributed by atoms with Crippen LogP contribution >= 0.6 is 0 Å². The van der Waals surface area contributed by atoms with E-state index in [-0.39, 0.29) is 11.0 Å². The third-order valence-electron chi connectivity index (χ3n) is 4.08. The van der Waals surface area contributed by atoms with Crippen LogP contribution in [0.5, 0.6) is 0 Å². The van der Waals surface area contributed by atoms with Crippen LogP contribution in [0.15, 0.2) is 53.5 Å². The molecule has 1 aromatic heterocycles. The van der Waals surface area contributed by atoms with E-state index in [1.165, 1.54) is 0 Å². The number of fused-ring (bicyclic) bond motifs is 1. The molecule has 9 heteroatoms. The smallest absolute Gasteiger partial charge is 0.298 e. The molecule has 3 aromatic rings. The minimum absolute atomic E-state index is 0.0629. The summed E-state index contributed by atoms with van der Waals surface area (Å²) >= 11 is 0. The summed E-state index contributed by atoms with van der Waals surface area (Å²) in [5.74, 6) is 0. The highest BCUT2D eigenvalue weighted by molar-refractivity contribution is 5.79. The Morgan fingerprint density at radius 3 is 2.42 bits per heavy atom. The first kappa shape index (κ1) is 17.6. The van der Waals surface area contributed by atoms with E-state index in [1.807, 2.05) is 0 Å². The summed E-state index contributed by atoms with van der Waals surface area (Å²) in [4.78, 5) is 26.0. The van der Waals surface area contributed by atoms with E-state index in [0.717, 1.165) is 16.8 Å². The van der Waals surface area contributed by atoms with Crippen molar-refractivity contribution in [1.29, 1.82) is 0 Å². The number of aromatic nitrogens is 2. The number of benzene rings is 2. The number of hydrogen-bond donors (Lipinski definition) is 0. The van der Waals surface area contributed by atoms with Crippen LogP contribution in [-0.4, -0.2) is 14.5 Å². The van der Waals surface area contributed by atoms with Crippen molar-refractivity contribution in [1.82, 2.24) is 9.55 Å². The van der Waals surface area contributed by atoms with Crippen LogP contribution < -0.4 is 5.56 Å². The Hall–Kier alpha value is -3.23. The van der Waals surface area contributed by atoms with E-state index in [1.54, 1.807) is 37.3 Å². The van der Waals surface area contributed by atoms with Gasteiger partial charge in [0.1, 0.15) is 5.56 Å². The number of nitro groups is 1. The first-order valence-corrected chi connectivity index (χ1v) is 7.52. The molecular weight excluding hydrogens is 351 g/mol. The predicted molar refractivity (Wildman–Crippen MR) is 87.9 cm³/mol. The zero-order chi connectivity index (χ0) is 19.1. The molecule has 0 fully saturated rings. The third kappa shape index (κ3) is 3.03. The lowest BCUT2D eigenvalue weighted by Gasteiger charge is -2.19. The molecule has 1 atom stereocenters. The first-order chi connectivity index (χ1) is 12.2. The van der Waals surface area contributed by atoms with E-state index < -0.39 is 34.0 Å². The molecule has 0 amide bonds. The van der Waals surface area contributed by atoms with Gasteiger partial charge in [-0.3, -0.25) is 19.5 Å². The molecule has 0 aliphatic carbocycles. The molecule has 0 spiro atoms. The Balaban J connectivity index is 2.35. The number of nitro benzene ring substituents is 1. The highest BCUT2D eigenvalue weighted by Gasteiger charge is 2.39. The fraction of sp³-hybridized carbons (Fsp3) is 0.176. The van der Waals surface area contributed by atoms with E-state index in [9.17, 15) is 28.1 Å². The molecule has 0 radical (unpaired) electrons. The van der Waals surface area contributed by atoms with Gasteiger partial charge in [-0.1, -0.05) is 30.3 Å². The number of halogens is 3. The lowest BCUT2D eigenvalue weighted by Crippen LogP contribution is -2.25. The van der Waals surface area contributed by atoms with Crippen molar-refractivity contribution in [2.75, 3.05) is 0 Å². The summed E-state index contributed by atoms with van der Waals surface area (Å²) in [5, 5.41) is 11.0. The van der Waals surface area contributed by atoms with Crippen LogP contribution in [0.1, 0.15) is 24.1 Å². The van der Waals surface area contributed by atoms with Crippen molar-refractivity contribution >= 4 is 16.7 Å². The van der Waals surface area contributed by atoms with E-state index in [2.05, 4.69) is 4.98 Å². The molecule has 0 aliphatic heterocycles. The molecule has 26 heavy (non-hydrogen) atoms. The van der Waals surface area contributed by atoms with Gasteiger partial charge in [0.05, 0.1) is 28.2 Å². The van der Waals surface area contributed by atoms with Crippen LogP contribution in [0.4, 0.5) is 18.9 Å². The lowest BCUT2D eigenvalue weighted by molar-refractivity contribution is -0.387. The summed E-state index contributed by atoms with van der Waals surface area (Å²) < 4.78 is 41.0. The Bertz CT molecular complexity index is 1050. The van der Waals surface area contributed by atoms with Crippen LogP contribution in [0.25, 0.3) is 11.0 Å². The highest BCUT2D eigenvalue weighted by atomic mass is 19.4. The molecule has 6 nitrogen and oxygen atoms in total. The number of nitrogens with zero attached hydrogens (tertiary/aromatic N) is 3. The molecule has 0 unspecified atom stereocenters. The number of rotatable bonds is 3. The van der Waals surface area contributed by atoms with E-state index in [0.29, 0.717) is 11.6 Å². The topological polar surface area (TPSA) is 78.0 Å². The first-order valence-electron chi connectivity index (χ1n) is 7.52. The Labute approximate surface area is 144 Å². The average molecular weight is 363 g/mol. The zero-order valence-corrected chi connectivity index (χ0v) is 13.4. The summed E-state index contributed by atoms with van der Waals surface area (Å²) in [6.07, 6.45) is -4.00. The van der Waals surface area contributed by atoms with Gasteiger partial charge >= 0.3 is 6.18 Å². The predicted octanol–water partition coefficient (Wildman–Crippen LogP) is 3.93. The van der Waals surface area contributed by atoms with Crippen molar-refractivity contribution in [2.24, 2.45) is 0 Å². The molecule has 3 rings (SSSR count). The number of alkyl halides is 3. The summed E-state index contributed by atoms with van der Waals surface area (Å²) in [7, 11) is 0. The highest BCUT2D eigenvalue weighted by Crippen LogP contribution is 2.38. The van der Waals surface area contributed by atoms with Crippen molar-refractivity contribution in [2.45, 2.75) is 19.1 Å². The van der Waals surface area contributed by atoms with Crippen molar-refractivity contribution < 1.29 is 18.1 Å². The zero-order valence-electron chi connectivity index (χ0n) is 13.4. The molecule has 0 saturated carbocycles. The molecule has 1 heterocycles. The van der Waals surface area contributed by atoms with Crippen LogP contribution in [0.2, 0.25) is 0 Å². The Kier molecular flexibility index (Phi) is 4.23. The second-order valence-electron chi connectivity index (χ2n) is 5.67. The monoisotopic (exact) mass is 363 g/mol. The van der Waals surface area contributed by atoms with Gasteiger partial charge in [-0.2, -0.15) is 13.2 Å². The second-order valence-corrected chi connectivity index (χ2v) is 5.67. The van der Waals surface area contributed by atoms with Gasteiger partial charge < -0.3 is 0 Å². The van der Waals surface area contributed by atoms with Gasteiger partial charge in [0, 0.05) is 6.07 Å². The van der Waals surface area contributed by atoms with Crippen LogP contribution in [0.3, 0.4) is 0 Å². The maximum atomic E-state index is 13.3. The molecular formula is C17H12F3N3O3. The minimum Gasteiger partial charge on any atom is -0.298 e. The van der Waals surface area contributed by atoms with Crippen LogP contribution in [0, 0.1) is 10.1 Å². The Morgan fingerprint density at radius 2 is 1.85 bits per heavy atom. The van der Waals surface area contributed by atoms with Gasteiger partial charge in [-0.05, 0) is 18.6 Å². The fourth-order valence-corrected chi connectivity index (χ4v) is 2.83. The maximum absolute atomic E-state index is 13.3. The summed E-state index contributed by atoms with van der Waals surface area (Å²) in [6.45, 7) is 1.66. The molecule has 2 aromatic carbocycles.